The summed E-state index contributed by atoms with van der Waals surface area (Å²) in [6, 6.07) is 0.346. The van der Waals surface area contributed by atoms with Gasteiger partial charge in [0, 0.05) is 25.5 Å². The standard InChI is InChI=1S/C14H23N3OS/c1-10-5-4-6-12(11(10)2)16-13(18)9-19-14-15-7-8-17(14)3/h7-8,10-12H,4-6,9H2,1-3H3,(H,16,18)/t10-,11+,12+/m1/s1. The second-order valence-electron chi connectivity index (χ2n) is 5.55. The second-order valence-corrected chi connectivity index (χ2v) is 6.49. The Labute approximate surface area is 119 Å². The van der Waals surface area contributed by atoms with Gasteiger partial charge in [0.15, 0.2) is 5.16 Å². The van der Waals surface area contributed by atoms with Crippen molar-refractivity contribution < 1.29 is 4.79 Å². The Hall–Kier alpha value is -0.970. The fourth-order valence-electron chi connectivity index (χ4n) is 2.66. The van der Waals surface area contributed by atoms with Crippen molar-refractivity contribution >= 4 is 17.7 Å². The molecular weight excluding hydrogens is 258 g/mol. The van der Waals surface area contributed by atoms with Crippen LogP contribution in [0.4, 0.5) is 0 Å². The number of hydrogen-bond donors (Lipinski definition) is 1. The van der Waals surface area contributed by atoms with E-state index in [9.17, 15) is 4.79 Å². The molecule has 1 fully saturated rings. The zero-order chi connectivity index (χ0) is 13.8. The Kier molecular flexibility index (Phi) is 4.91. The molecule has 0 radical (unpaired) electrons. The highest BCUT2D eigenvalue weighted by Gasteiger charge is 2.28. The number of carbonyl (C=O) groups is 1. The molecule has 1 aliphatic carbocycles. The van der Waals surface area contributed by atoms with Gasteiger partial charge >= 0.3 is 0 Å². The fourth-order valence-corrected chi connectivity index (χ4v) is 3.40. The number of imidazole rings is 1. The van der Waals surface area contributed by atoms with Gasteiger partial charge in [-0.1, -0.05) is 38.5 Å². The summed E-state index contributed by atoms with van der Waals surface area (Å²) in [5, 5.41) is 4.07. The van der Waals surface area contributed by atoms with Gasteiger partial charge in [0.2, 0.25) is 5.91 Å². The third kappa shape index (κ3) is 3.75. The van der Waals surface area contributed by atoms with Crippen LogP contribution in [0.15, 0.2) is 17.6 Å². The van der Waals surface area contributed by atoms with Gasteiger partial charge in [0.25, 0.3) is 0 Å². The maximum atomic E-state index is 12.0. The van der Waals surface area contributed by atoms with E-state index >= 15 is 0 Å². The Morgan fingerprint density at radius 3 is 3.00 bits per heavy atom. The van der Waals surface area contributed by atoms with Crippen LogP contribution < -0.4 is 5.32 Å². The molecule has 1 heterocycles. The van der Waals surface area contributed by atoms with Gasteiger partial charge in [0.05, 0.1) is 5.75 Å². The molecule has 5 heteroatoms. The largest absolute Gasteiger partial charge is 0.352 e. The number of rotatable bonds is 4. The first-order valence-corrected chi connectivity index (χ1v) is 7.96. The van der Waals surface area contributed by atoms with Gasteiger partial charge in [-0.25, -0.2) is 4.98 Å². The highest BCUT2D eigenvalue weighted by molar-refractivity contribution is 7.99. The molecule has 106 valence electrons. The Bertz CT molecular complexity index is 432. The van der Waals surface area contributed by atoms with E-state index in [1.54, 1.807) is 6.20 Å². The smallest absolute Gasteiger partial charge is 0.230 e. The molecule has 0 unspecified atom stereocenters. The van der Waals surface area contributed by atoms with Crippen molar-refractivity contribution in [3.63, 3.8) is 0 Å². The molecule has 0 spiro atoms. The SMILES string of the molecule is C[C@H]1[C@H](C)CCC[C@@H]1NC(=O)CSc1nccn1C. The average molecular weight is 281 g/mol. The molecule has 0 aliphatic heterocycles. The summed E-state index contributed by atoms with van der Waals surface area (Å²) in [5.74, 6) is 1.86. The molecule has 2 rings (SSSR count). The number of nitrogens with zero attached hydrogens (tertiary/aromatic N) is 2. The Morgan fingerprint density at radius 1 is 1.53 bits per heavy atom. The lowest BCUT2D eigenvalue weighted by Crippen LogP contribution is -2.44. The minimum atomic E-state index is 0.124. The summed E-state index contributed by atoms with van der Waals surface area (Å²) in [6.07, 6.45) is 7.28. The lowest BCUT2D eigenvalue weighted by atomic mass is 9.78. The number of hydrogen-bond acceptors (Lipinski definition) is 3. The average Bonchev–Trinajstić information content (AvgIpc) is 2.78. The van der Waals surface area contributed by atoms with Crippen LogP contribution in [0.2, 0.25) is 0 Å². The van der Waals surface area contributed by atoms with E-state index in [0.29, 0.717) is 23.6 Å². The fraction of sp³-hybridized carbons (Fsp3) is 0.714. The first-order chi connectivity index (χ1) is 9.08. The molecule has 3 atom stereocenters. The van der Waals surface area contributed by atoms with Crippen LogP contribution in [-0.2, 0) is 11.8 Å². The first-order valence-electron chi connectivity index (χ1n) is 6.97. The van der Waals surface area contributed by atoms with Crippen LogP contribution in [-0.4, -0.2) is 27.3 Å². The maximum Gasteiger partial charge on any atom is 0.230 e. The van der Waals surface area contributed by atoms with Gasteiger partial charge in [-0.2, -0.15) is 0 Å². The lowest BCUT2D eigenvalue weighted by molar-refractivity contribution is -0.120. The van der Waals surface area contributed by atoms with Gasteiger partial charge in [0.1, 0.15) is 0 Å². The normalized spacial score (nSPS) is 27.2. The van der Waals surface area contributed by atoms with E-state index in [1.807, 2.05) is 17.8 Å². The summed E-state index contributed by atoms with van der Waals surface area (Å²) >= 11 is 1.49. The predicted molar refractivity (Wildman–Crippen MR) is 78.0 cm³/mol. The topological polar surface area (TPSA) is 46.9 Å². The van der Waals surface area contributed by atoms with E-state index in [1.165, 1.54) is 24.6 Å². The summed E-state index contributed by atoms with van der Waals surface area (Å²) in [4.78, 5) is 16.2. The zero-order valence-electron chi connectivity index (χ0n) is 11.9. The zero-order valence-corrected chi connectivity index (χ0v) is 12.7. The molecule has 1 N–H and O–H groups in total. The first kappa shape index (κ1) is 14.4. The molecule has 1 aromatic heterocycles. The Balaban J connectivity index is 1.79. The summed E-state index contributed by atoms with van der Waals surface area (Å²) < 4.78 is 1.93. The van der Waals surface area contributed by atoms with Crippen LogP contribution in [0, 0.1) is 11.8 Å². The molecule has 0 saturated heterocycles. The van der Waals surface area contributed by atoms with Crippen molar-refractivity contribution in [3.8, 4) is 0 Å². The van der Waals surface area contributed by atoms with E-state index in [-0.39, 0.29) is 5.91 Å². The van der Waals surface area contributed by atoms with Crippen LogP contribution in [0.1, 0.15) is 33.1 Å². The van der Waals surface area contributed by atoms with E-state index in [0.717, 1.165) is 11.6 Å². The molecule has 1 saturated carbocycles. The summed E-state index contributed by atoms with van der Waals surface area (Å²) in [7, 11) is 1.94. The second kappa shape index (κ2) is 6.46. The van der Waals surface area contributed by atoms with Crippen LogP contribution in [0.5, 0.6) is 0 Å². The number of nitrogens with one attached hydrogen (secondary N) is 1. The van der Waals surface area contributed by atoms with Crippen LogP contribution in [0.25, 0.3) is 0 Å². The van der Waals surface area contributed by atoms with Crippen molar-refractivity contribution in [1.82, 2.24) is 14.9 Å². The molecule has 1 aromatic rings. The third-order valence-corrected chi connectivity index (χ3v) is 5.22. The van der Waals surface area contributed by atoms with Crippen LogP contribution >= 0.6 is 11.8 Å². The highest BCUT2D eigenvalue weighted by atomic mass is 32.2. The minimum absolute atomic E-state index is 0.124. The van der Waals surface area contributed by atoms with Crippen molar-refractivity contribution in [3.05, 3.63) is 12.4 Å². The van der Waals surface area contributed by atoms with E-state index < -0.39 is 0 Å². The van der Waals surface area contributed by atoms with Crippen LogP contribution in [0.3, 0.4) is 0 Å². The van der Waals surface area contributed by atoms with Gasteiger partial charge < -0.3 is 9.88 Å². The highest BCUT2D eigenvalue weighted by Crippen LogP contribution is 2.29. The summed E-state index contributed by atoms with van der Waals surface area (Å²) in [6.45, 7) is 4.53. The molecular formula is C14H23N3OS. The van der Waals surface area contributed by atoms with Crippen molar-refractivity contribution in [2.24, 2.45) is 18.9 Å². The van der Waals surface area contributed by atoms with Crippen molar-refractivity contribution in [2.75, 3.05) is 5.75 Å². The number of thioether (sulfide) groups is 1. The van der Waals surface area contributed by atoms with Crippen molar-refractivity contribution in [2.45, 2.75) is 44.3 Å². The van der Waals surface area contributed by atoms with Gasteiger partial charge in [-0.3, -0.25) is 4.79 Å². The maximum absolute atomic E-state index is 12.0. The predicted octanol–water partition coefficient (Wildman–Crippen LogP) is 2.45. The van der Waals surface area contributed by atoms with Crippen molar-refractivity contribution in [1.29, 1.82) is 0 Å². The van der Waals surface area contributed by atoms with E-state index in [4.69, 9.17) is 0 Å². The molecule has 0 aromatic carbocycles. The molecule has 1 amide bonds. The number of aryl methyl sites for hydroxylation is 1. The van der Waals surface area contributed by atoms with Gasteiger partial charge in [-0.05, 0) is 18.3 Å². The number of carbonyl (C=O) groups excluding carboxylic acids is 1. The number of amides is 1. The Morgan fingerprint density at radius 2 is 2.32 bits per heavy atom. The molecule has 4 nitrogen and oxygen atoms in total. The van der Waals surface area contributed by atoms with Gasteiger partial charge in [-0.15, -0.1) is 0 Å². The molecule has 0 bridgehead atoms. The van der Waals surface area contributed by atoms with E-state index in [2.05, 4.69) is 24.1 Å². The summed E-state index contributed by atoms with van der Waals surface area (Å²) in [5.41, 5.74) is 0. The molecule has 1 aliphatic rings. The number of aromatic nitrogens is 2. The third-order valence-electron chi connectivity index (χ3n) is 4.16. The minimum Gasteiger partial charge on any atom is -0.352 e. The quantitative estimate of drug-likeness (QED) is 0.862. The molecule has 19 heavy (non-hydrogen) atoms. The monoisotopic (exact) mass is 281 g/mol. The lowest BCUT2D eigenvalue weighted by Gasteiger charge is -2.34.